The highest BCUT2D eigenvalue weighted by molar-refractivity contribution is 5.96. The molecule has 2 aromatic rings. The summed E-state index contributed by atoms with van der Waals surface area (Å²) >= 11 is 0. The van der Waals surface area contributed by atoms with Crippen molar-refractivity contribution < 1.29 is 9.53 Å². The monoisotopic (exact) mass is 403 g/mol. The van der Waals surface area contributed by atoms with Gasteiger partial charge in [0.2, 0.25) is 0 Å². The van der Waals surface area contributed by atoms with Crippen LogP contribution in [0.2, 0.25) is 0 Å². The second-order valence-corrected chi connectivity index (χ2v) is 7.67. The molecule has 2 aliphatic rings. The number of Topliss-reactive ketones (excluding diaryl/α,β-unsaturated/α-hetero) is 1. The highest BCUT2D eigenvalue weighted by Gasteiger charge is 2.25. The predicted molar refractivity (Wildman–Crippen MR) is 113 cm³/mol. The van der Waals surface area contributed by atoms with E-state index < -0.39 is 0 Å². The van der Waals surface area contributed by atoms with Crippen LogP contribution in [-0.2, 0) is 12.8 Å². The third-order valence-electron chi connectivity index (χ3n) is 5.87. The summed E-state index contributed by atoms with van der Waals surface area (Å²) in [5.41, 5.74) is 4.11. The molecule has 152 valence electrons. The van der Waals surface area contributed by atoms with E-state index in [2.05, 4.69) is 4.90 Å². The fourth-order valence-corrected chi connectivity index (χ4v) is 4.32. The van der Waals surface area contributed by atoms with Crippen LogP contribution in [0.4, 0.5) is 0 Å². The van der Waals surface area contributed by atoms with Crippen molar-refractivity contribution in [2.24, 2.45) is 0 Å². The Morgan fingerprint density at radius 1 is 1.04 bits per heavy atom. The number of fused-ring (bicyclic) bond motifs is 1. The second kappa shape index (κ2) is 9.57. The number of hydrogen-bond donors (Lipinski definition) is 0. The van der Waals surface area contributed by atoms with E-state index in [1.54, 1.807) is 7.11 Å². The van der Waals surface area contributed by atoms with Crippen molar-refractivity contribution in [2.75, 3.05) is 26.7 Å². The number of nitrogens with zero attached hydrogens (tertiary/aromatic N) is 3. The Balaban J connectivity index is 0.00000225. The van der Waals surface area contributed by atoms with E-state index in [0.29, 0.717) is 12.1 Å². The van der Waals surface area contributed by atoms with Crippen molar-refractivity contribution in [3.05, 3.63) is 41.2 Å². The molecule has 1 aromatic heterocycles. The van der Waals surface area contributed by atoms with Crippen molar-refractivity contribution in [2.45, 2.75) is 51.4 Å². The molecule has 0 amide bonds. The first-order valence-corrected chi connectivity index (χ1v) is 10.3. The minimum atomic E-state index is 0. The molecule has 0 saturated carbocycles. The molecule has 0 bridgehead atoms. The number of hydrogen-bond acceptors (Lipinski definition) is 4. The van der Waals surface area contributed by atoms with Gasteiger partial charge in [0.25, 0.3) is 0 Å². The molecule has 28 heavy (non-hydrogen) atoms. The van der Waals surface area contributed by atoms with Gasteiger partial charge in [0.1, 0.15) is 11.4 Å². The Bertz CT molecular complexity index is 795. The molecule has 2 heterocycles. The molecule has 5 nitrogen and oxygen atoms in total. The first-order valence-electron chi connectivity index (χ1n) is 10.3. The lowest BCUT2D eigenvalue weighted by Crippen LogP contribution is -2.31. The Hall–Kier alpha value is -1.85. The molecular formula is C22H30ClN3O2. The molecule has 1 fully saturated rings. The summed E-state index contributed by atoms with van der Waals surface area (Å²) in [7, 11) is 1.67. The highest BCUT2D eigenvalue weighted by atomic mass is 35.5. The van der Waals surface area contributed by atoms with E-state index in [1.807, 2.05) is 28.9 Å². The molecule has 1 aliphatic heterocycles. The molecule has 6 heteroatoms. The van der Waals surface area contributed by atoms with Gasteiger partial charge in [0.15, 0.2) is 5.78 Å². The number of methoxy groups -OCH3 is 1. The van der Waals surface area contributed by atoms with Crippen LogP contribution >= 0.6 is 12.4 Å². The molecule has 0 radical (unpaired) electrons. The quantitative estimate of drug-likeness (QED) is 0.677. The van der Waals surface area contributed by atoms with Gasteiger partial charge in [0.05, 0.1) is 12.8 Å². The summed E-state index contributed by atoms with van der Waals surface area (Å²) in [4.78, 5) is 15.4. The minimum Gasteiger partial charge on any atom is -0.497 e. The predicted octanol–water partition coefficient (Wildman–Crippen LogP) is 4.24. The number of likely N-dealkylation sites (tertiary alicyclic amines) is 1. The Kier molecular flexibility index (Phi) is 7.13. The van der Waals surface area contributed by atoms with Gasteiger partial charge in [-0.05, 0) is 75.9 Å². The molecule has 1 aromatic carbocycles. The van der Waals surface area contributed by atoms with Crippen LogP contribution < -0.4 is 4.74 Å². The zero-order valence-electron chi connectivity index (χ0n) is 16.7. The van der Waals surface area contributed by atoms with Gasteiger partial charge in [-0.2, -0.15) is 5.10 Å². The van der Waals surface area contributed by atoms with Gasteiger partial charge in [-0.3, -0.25) is 4.79 Å². The number of carbonyl (C=O) groups excluding carboxylic acids is 1. The van der Waals surface area contributed by atoms with E-state index >= 15 is 0 Å². The third-order valence-corrected chi connectivity index (χ3v) is 5.87. The average Bonchev–Trinajstić information content (AvgIpc) is 3.13. The molecule has 4 rings (SSSR count). The zero-order chi connectivity index (χ0) is 18.6. The first kappa shape index (κ1) is 20.9. The minimum absolute atomic E-state index is 0. The van der Waals surface area contributed by atoms with Crippen molar-refractivity contribution in [3.8, 4) is 11.4 Å². The lowest BCUT2D eigenvalue weighted by Gasteiger charge is -2.25. The third kappa shape index (κ3) is 4.41. The Morgan fingerprint density at radius 2 is 1.75 bits per heavy atom. The molecule has 0 spiro atoms. The number of benzene rings is 1. The summed E-state index contributed by atoms with van der Waals surface area (Å²) in [5, 5.41) is 4.79. The molecule has 1 aliphatic carbocycles. The maximum atomic E-state index is 13.0. The smallest absolute Gasteiger partial charge is 0.184 e. The molecule has 0 atom stereocenters. The van der Waals surface area contributed by atoms with Crippen LogP contribution in [0.1, 0.15) is 60.3 Å². The highest BCUT2D eigenvalue weighted by Crippen LogP contribution is 2.28. The van der Waals surface area contributed by atoms with Crippen molar-refractivity contribution >= 4 is 18.2 Å². The number of carbonyl (C=O) groups is 1. The topological polar surface area (TPSA) is 47.4 Å². The summed E-state index contributed by atoms with van der Waals surface area (Å²) in [6.07, 6.45) is 8.69. The maximum absolute atomic E-state index is 13.0. The van der Waals surface area contributed by atoms with E-state index in [1.165, 1.54) is 30.5 Å². The van der Waals surface area contributed by atoms with Gasteiger partial charge in [-0.25, -0.2) is 4.68 Å². The average molecular weight is 404 g/mol. The van der Waals surface area contributed by atoms with E-state index in [4.69, 9.17) is 9.84 Å². The van der Waals surface area contributed by atoms with Crippen LogP contribution in [0.5, 0.6) is 5.75 Å². The fourth-order valence-electron chi connectivity index (χ4n) is 4.32. The van der Waals surface area contributed by atoms with Crippen molar-refractivity contribution in [1.29, 1.82) is 0 Å². The van der Waals surface area contributed by atoms with Gasteiger partial charge < -0.3 is 9.64 Å². The summed E-state index contributed by atoms with van der Waals surface area (Å²) in [6.45, 7) is 3.13. The van der Waals surface area contributed by atoms with Crippen LogP contribution in [0, 0.1) is 0 Å². The number of ether oxygens (including phenoxy) is 1. The number of aromatic nitrogens is 2. The summed E-state index contributed by atoms with van der Waals surface area (Å²) < 4.78 is 7.25. The van der Waals surface area contributed by atoms with Crippen molar-refractivity contribution in [3.63, 3.8) is 0 Å². The molecule has 0 unspecified atom stereocenters. The van der Waals surface area contributed by atoms with Crippen LogP contribution in [0.25, 0.3) is 5.69 Å². The van der Waals surface area contributed by atoms with Gasteiger partial charge >= 0.3 is 0 Å². The second-order valence-electron chi connectivity index (χ2n) is 7.67. The van der Waals surface area contributed by atoms with Crippen LogP contribution in [0.3, 0.4) is 0 Å². The first-order chi connectivity index (χ1) is 13.3. The van der Waals surface area contributed by atoms with E-state index in [9.17, 15) is 4.79 Å². The standard InChI is InChI=1S/C22H29N3O2.ClH/c1-27-18-11-9-17(10-12-18)25-20-8-4-3-7-19(20)22(23-25)21(26)13-16-24-14-5-2-6-15-24;/h9-12H,2-8,13-16H2,1H3;1H. The van der Waals surface area contributed by atoms with Gasteiger partial charge in [-0.15, -0.1) is 12.4 Å². The van der Waals surface area contributed by atoms with E-state index in [0.717, 1.165) is 56.8 Å². The van der Waals surface area contributed by atoms with Crippen LogP contribution in [0.15, 0.2) is 24.3 Å². The summed E-state index contributed by atoms with van der Waals surface area (Å²) in [5.74, 6) is 1.03. The summed E-state index contributed by atoms with van der Waals surface area (Å²) in [6, 6.07) is 7.93. The van der Waals surface area contributed by atoms with Crippen molar-refractivity contribution in [1.82, 2.24) is 14.7 Å². The Morgan fingerprint density at radius 3 is 2.46 bits per heavy atom. The number of halogens is 1. The normalized spacial score (nSPS) is 16.9. The molecule has 0 N–H and O–H groups in total. The van der Waals surface area contributed by atoms with E-state index in [-0.39, 0.29) is 18.2 Å². The fraction of sp³-hybridized carbons (Fsp3) is 0.545. The lowest BCUT2D eigenvalue weighted by atomic mass is 9.94. The van der Waals surface area contributed by atoms with Gasteiger partial charge in [0, 0.05) is 24.2 Å². The van der Waals surface area contributed by atoms with Crippen LogP contribution in [-0.4, -0.2) is 47.2 Å². The number of ketones is 1. The number of rotatable bonds is 6. The van der Waals surface area contributed by atoms with Gasteiger partial charge in [-0.1, -0.05) is 6.42 Å². The Labute approximate surface area is 173 Å². The number of piperidine rings is 1. The largest absolute Gasteiger partial charge is 0.497 e. The lowest BCUT2D eigenvalue weighted by molar-refractivity contribution is 0.0952. The molecular weight excluding hydrogens is 374 g/mol. The SMILES string of the molecule is COc1ccc(-n2nc(C(=O)CCN3CCCCC3)c3c2CCCC3)cc1.Cl. The maximum Gasteiger partial charge on any atom is 0.184 e. The molecule has 1 saturated heterocycles. The zero-order valence-corrected chi connectivity index (χ0v) is 17.5.